The van der Waals surface area contributed by atoms with Crippen molar-refractivity contribution in [2.75, 3.05) is 5.75 Å². The van der Waals surface area contributed by atoms with Crippen molar-refractivity contribution in [1.29, 1.82) is 0 Å². The first-order valence-corrected chi connectivity index (χ1v) is 4.10. The zero-order valence-electron chi connectivity index (χ0n) is 5.30. The standard InChI is InChI=1S/C5H8N2O2S/c8-10(9)4-3-7-2-1-6-5-7/h1-2,5H,3-4H2,(H,8,9). The highest BCUT2D eigenvalue weighted by Crippen LogP contribution is 1.86. The molecule has 0 fully saturated rings. The molecule has 0 amide bonds. The van der Waals surface area contributed by atoms with E-state index < -0.39 is 11.1 Å². The van der Waals surface area contributed by atoms with Gasteiger partial charge in [-0.25, -0.2) is 9.19 Å². The van der Waals surface area contributed by atoms with Crippen LogP contribution in [0, 0.1) is 0 Å². The number of imidazole rings is 1. The Hall–Kier alpha value is -0.680. The Morgan fingerprint density at radius 1 is 1.70 bits per heavy atom. The van der Waals surface area contributed by atoms with E-state index in [1.165, 1.54) is 0 Å². The molecule has 0 bridgehead atoms. The van der Waals surface area contributed by atoms with Crippen molar-refractivity contribution in [3.8, 4) is 0 Å². The van der Waals surface area contributed by atoms with E-state index in [2.05, 4.69) is 4.98 Å². The van der Waals surface area contributed by atoms with Crippen LogP contribution in [0.3, 0.4) is 0 Å². The second-order valence-corrected chi connectivity index (χ2v) is 2.88. The molecule has 1 aromatic rings. The zero-order chi connectivity index (χ0) is 7.40. The molecule has 5 heteroatoms. The maximum atomic E-state index is 10.2. The van der Waals surface area contributed by atoms with Crippen LogP contribution in [0.5, 0.6) is 0 Å². The minimum atomic E-state index is -1.70. The van der Waals surface area contributed by atoms with Crippen LogP contribution in [0.15, 0.2) is 18.7 Å². The molecule has 0 saturated heterocycles. The third-order valence-corrected chi connectivity index (χ3v) is 1.62. The lowest BCUT2D eigenvalue weighted by Crippen LogP contribution is -2.04. The Balaban J connectivity index is 2.35. The summed E-state index contributed by atoms with van der Waals surface area (Å²) in [6, 6.07) is 0. The molecule has 0 radical (unpaired) electrons. The molecule has 1 atom stereocenters. The molecule has 0 aromatic carbocycles. The predicted octanol–water partition coefficient (Wildman–Crippen LogP) is 0.105. The van der Waals surface area contributed by atoms with Gasteiger partial charge in [0, 0.05) is 18.9 Å². The summed E-state index contributed by atoms with van der Waals surface area (Å²) in [6.07, 6.45) is 5.01. The average molecular weight is 160 g/mol. The minimum absolute atomic E-state index is 0.260. The molecule has 1 N–H and O–H groups in total. The third kappa shape index (κ3) is 2.28. The third-order valence-electron chi connectivity index (χ3n) is 1.08. The Morgan fingerprint density at radius 3 is 3.00 bits per heavy atom. The van der Waals surface area contributed by atoms with Gasteiger partial charge in [0.25, 0.3) is 0 Å². The Kier molecular flexibility index (Phi) is 2.58. The summed E-state index contributed by atoms with van der Waals surface area (Å²) in [4.78, 5) is 3.78. The second-order valence-electron chi connectivity index (χ2n) is 1.83. The number of nitrogens with zero attached hydrogens (tertiary/aromatic N) is 2. The van der Waals surface area contributed by atoms with Gasteiger partial charge in [-0.05, 0) is 0 Å². The van der Waals surface area contributed by atoms with Crippen LogP contribution in [0.4, 0.5) is 0 Å². The van der Waals surface area contributed by atoms with Gasteiger partial charge >= 0.3 is 0 Å². The first-order valence-electron chi connectivity index (χ1n) is 2.82. The van der Waals surface area contributed by atoms with Crippen molar-refractivity contribution < 1.29 is 8.76 Å². The number of hydrogen-bond acceptors (Lipinski definition) is 2. The molecule has 1 heterocycles. The van der Waals surface area contributed by atoms with E-state index in [0.29, 0.717) is 6.54 Å². The SMILES string of the molecule is O=S(O)CCn1ccnc1. The van der Waals surface area contributed by atoms with Crippen LogP contribution in [0.1, 0.15) is 0 Å². The van der Waals surface area contributed by atoms with Crippen LogP contribution in [-0.2, 0) is 17.6 Å². The van der Waals surface area contributed by atoms with Gasteiger partial charge < -0.3 is 9.12 Å². The maximum Gasteiger partial charge on any atom is 0.154 e. The average Bonchev–Trinajstić information content (AvgIpc) is 2.34. The van der Waals surface area contributed by atoms with Crippen molar-refractivity contribution in [2.24, 2.45) is 0 Å². The van der Waals surface area contributed by atoms with Crippen LogP contribution in [0.25, 0.3) is 0 Å². The highest BCUT2D eigenvalue weighted by molar-refractivity contribution is 7.79. The van der Waals surface area contributed by atoms with E-state index in [-0.39, 0.29) is 5.75 Å². The lowest BCUT2D eigenvalue weighted by Gasteiger charge is -1.95. The van der Waals surface area contributed by atoms with Crippen LogP contribution in [0.2, 0.25) is 0 Å². The van der Waals surface area contributed by atoms with E-state index >= 15 is 0 Å². The second kappa shape index (κ2) is 3.48. The quantitative estimate of drug-likeness (QED) is 0.638. The zero-order valence-corrected chi connectivity index (χ0v) is 6.12. The molecule has 56 valence electrons. The minimum Gasteiger partial charge on any atom is -0.336 e. The largest absolute Gasteiger partial charge is 0.336 e. The van der Waals surface area contributed by atoms with Gasteiger partial charge in [0.15, 0.2) is 11.1 Å². The molecule has 0 aliphatic heterocycles. The summed E-state index contributed by atoms with van der Waals surface area (Å²) >= 11 is -1.70. The lowest BCUT2D eigenvalue weighted by molar-refractivity contribution is 0.557. The van der Waals surface area contributed by atoms with Crippen molar-refractivity contribution in [1.82, 2.24) is 9.55 Å². The van der Waals surface area contributed by atoms with Crippen LogP contribution in [-0.4, -0.2) is 24.1 Å². The molecule has 1 aromatic heterocycles. The predicted molar refractivity (Wildman–Crippen MR) is 37.9 cm³/mol. The molecule has 0 saturated carbocycles. The normalized spacial score (nSPS) is 13.3. The fraction of sp³-hybridized carbons (Fsp3) is 0.400. The van der Waals surface area contributed by atoms with Gasteiger partial charge in [0.1, 0.15) is 0 Å². The maximum absolute atomic E-state index is 10.2. The molecule has 0 spiro atoms. The van der Waals surface area contributed by atoms with E-state index in [1.54, 1.807) is 23.3 Å². The summed E-state index contributed by atoms with van der Waals surface area (Å²) in [7, 11) is 0. The first-order chi connectivity index (χ1) is 4.79. The van der Waals surface area contributed by atoms with Gasteiger partial charge in [-0.3, -0.25) is 0 Å². The summed E-state index contributed by atoms with van der Waals surface area (Å²) in [5, 5.41) is 0. The Labute approximate surface area is 61.2 Å². The van der Waals surface area contributed by atoms with Crippen molar-refractivity contribution >= 4 is 11.1 Å². The fourth-order valence-corrected chi connectivity index (χ4v) is 0.970. The summed E-state index contributed by atoms with van der Waals surface area (Å²) < 4.78 is 20.3. The highest BCUT2D eigenvalue weighted by atomic mass is 32.2. The smallest absolute Gasteiger partial charge is 0.154 e. The van der Waals surface area contributed by atoms with Crippen LogP contribution < -0.4 is 0 Å². The topological polar surface area (TPSA) is 55.1 Å². The molecular formula is C5H8N2O2S. The Bertz CT molecular complexity index is 209. The Morgan fingerprint density at radius 2 is 2.50 bits per heavy atom. The van der Waals surface area contributed by atoms with Gasteiger partial charge in [-0.1, -0.05) is 0 Å². The van der Waals surface area contributed by atoms with Gasteiger partial charge in [0.05, 0.1) is 12.1 Å². The summed E-state index contributed by atoms with van der Waals surface area (Å²) in [5.74, 6) is 0.260. The first kappa shape index (κ1) is 7.43. The fourth-order valence-electron chi connectivity index (χ4n) is 0.603. The van der Waals surface area contributed by atoms with E-state index in [9.17, 15) is 4.21 Å². The van der Waals surface area contributed by atoms with E-state index in [1.807, 2.05) is 0 Å². The molecule has 4 nitrogen and oxygen atoms in total. The summed E-state index contributed by atoms with van der Waals surface area (Å²) in [5.41, 5.74) is 0. The number of hydrogen-bond donors (Lipinski definition) is 1. The number of rotatable bonds is 3. The monoisotopic (exact) mass is 160 g/mol. The number of aryl methyl sites for hydroxylation is 1. The molecular weight excluding hydrogens is 152 g/mol. The van der Waals surface area contributed by atoms with Gasteiger partial charge in [-0.15, -0.1) is 0 Å². The molecule has 1 rings (SSSR count). The number of aromatic nitrogens is 2. The lowest BCUT2D eigenvalue weighted by atomic mass is 10.7. The highest BCUT2D eigenvalue weighted by Gasteiger charge is 1.93. The van der Waals surface area contributed by atoms with Crippen molar-refractivity contribution in [3.05, 3.63) is 18.7 Å². The molecule has 0 aliphatic rings. The molecule has 10 heavy (non-hydrogen) atoms. The van der Waals surface area contributed by atoms with E-state index in [0.717, 1.165) is 0 Å². The molecule has 0 aliphatic carbocycles. The van der Waals surface area contributed by atoms with Crippen molar-refractivity contribution in [3.63, 3.8) is 0 Å². The van der Waals surface area contributed by atoms with E-state index in [4.69, 9.17) is 4.55 Å². The van der Waals surface area contributed by atoms with Gasteiger partial charge in [0.2, 0.25) is 0 Å². The summed E-state index contributed by atoms with van der Waals surface area (Å²) in [6.45, 7) is 0.545. The van der Waals surface area contributed by atoms with Crippen LogP contribution >= 0.6 is 0 Å². The molecule has 1 unspecified atom stereocenters. The van der Waals surface area contributed by atoms with Gasteiger partial charge in [-0.2, -0.15) is 0 Å². The van der Waals surface area contributed by atoms with Crippen molar-refractivity contribution in [2.45, 2.75) is 6.54 Å².